The molecule has 2 N–H and O–H groups in total. The van der Waals surface area contributed by atoms with E-state index in [2.05, 4.69) is 34.4 Å². The number of hydrogen-bond acceptors (Lipinski definition) is 4. The molecule has 0 saturated carbocycles. The third-order valence-electron chi connectivity index (χ3n) is 3.69. The Hall–Kier alpha value is -1.68. The predicted octanol–water partition coefficient (Wildman–Crippen LogP) is 2.73. The van der Waals surface area contributed by atoms with E-state index in [4.69, 9.17) is 10.3 Å². The number of hydrogen-bond donors (Lipinski definition) is 1. The Kier molecular flexibility index (Phi) is 2.90. The SMILES string of the molecule is CC(C)(N)c1noc(C2CCCc3ccccc32)n1. The van der Waals surface area contributed by atoms with Gasteiger partial charge >= 0.3 is 0 Å². The van der Waals surface area contributed by atoms with Gasteiger partial charge in [0.2, 0.25) is 5.89 Å². The van der Waals surface area contributed by atoms with Gasteiger partial charge in [-0.2, -0.15) is 4.98 Å². The molecule has 0 saturated heterocycles. The van der Waals surface area contributed by atoms with Crippen LogP contribution in [0.3, 0.4) is 0 Å². The van der Waals surface area contributed by atoms with Gasteiger partial charge in [0.15, 0.2) is 5.82 Å². The molecule has 19 heavy (non-hydrogen) atoms. The molecule has 1 heterocycles. The van der Waals surface area contributed by atoms with Crippen molar-refractivity contribution in [1.82, 2.24) is 10.1 Å². The van der Waals surface area contributed by atoms with E-state index >= 15 is 0 Å². The van der Waals surface area contributed by atoms with Crippen LogP contribution < -0.4 is 5.73 Å². The Balaban J connectivity index is 1.98. The molecular weight excluding hydrogens is 238 g/mol. The van der Waals surface area contributed by atoms with Gasteiger partial charge < -0.3 is 10.3 Å². The monoisotopic (exact) mass is 257 g/mol. The molecule has 1 atom stereocenters. The minimum absolute atomic E-state index is 0.216. The van der Waals surface area contributed by atoms with Gasteiger partial charge in [0.05, 0.1) is 11.5 Å². The number of nitrogens with zero attached hydrogens (tertiary/aromatic N) is 2. The van der Waals surface area contributed by atoms with Crippen molar-refractivity contribution in [3.05, 3.63) is 47.1 Å². The minimum Gasteiger partial charge on any atom is -0.339 e. The van der Waals surface area contributed by atoms with E-state index in [0.29, 0.717) is 11.7 Å². The maximum absolute atomic E-state index is 6.01. The van der Waals surface area contributed by atoms with Gasteiger partial charge in [0.25, 0.3) is 0 Å². The number of aryl methyl sites for hydroxylation is 1. The van der Waals surface area contributed by atoms with Gasteiger partial charge in [-0.3, -0.25) is 0 Å². The van der Waals surface area contributed by atoms with E-state index in [1.54, 1.807) is 0 Å². The average molecular weight is 257 g/mol. The van der Waals surface area contributed by atoms with Crippen LogP contribution in [0.5, 0.6) is 0 Å². The highest BCUT2D eigenvalue weighted by Crippen LogP contribution is 2.36. The Bertz CT molecular complexity index is 583. The van der Waals surface area contributed by atoms with E-state index in [1.165, 1.54) is 11.1 Å². The Morgan fingerprint density at radius 1 is 1.32 bits per heavy atom. The van der Waals surface area contributed by atoms with E-state index < -0.39 is 5.54 Å². The van der Waals surface area contributed by atoms with Crippen LogP contribution in [0.1, 0.15) is 55.4 Å². The van der Waals surface area contributed by atoms with E-state index in [0.717, 1.165) is 19.3 Å². The summed E-state index contributed by atoms with van der Waals surface area (Å²) in [5.41, 5.74) is 8.16. The highest BCUT2D eigenvalue weighted by molar-refractivity contribution is 5.35. The summed E-state index contributed by atoms with van der Waals surface area (Å²) in [6.45, 7) is 3.77. The van der Waals surface area contributed by atoms with Crippen LogP contribution in [0.2, 0.25) is 0 Å². The molecule has 1 unspecified atom stereocenters. The lowest BCUT2D eigenvalue weighted by Crippen LogP contribution is -2.30. The van der Waals surface area contributed by atoms with Crippen molar-refractivity contribution in [3.63, 3.8) is 0 Å². The molecule has 0 fully saturated rings. The van der Waals surface area contributed by atoms with Crippen LogP contribution in [0.15, 0.2) is 28.8 Å². The third-order valence-corrected chi connectivity index (χ3v) is 3.69. The van der Waals surface area contributed by atoms with Crippen LogP contribution in [0, 0.1) is 0 Å². The molecule has 0 radical (unpaired) electrons. The van der Waals surface area contributed by atoms with Gasteiger partial charge in [0, 0.05) is 0 Å². The minimum atomic E-state index is -0.560. The number of nitrogens with two attached hydrogens (primary N) is 1. The van der Waals surface area contributed by atoms with Crippen molar-refractivity contribution in [2.24, 2.45) is 5.73 Å². The quantitative estimate of drug-likeness (QED) is 0.898. The van der Waals surface area contributed by atoms with Gasteiger partial charge in [-0.1, -0.05) is 29.4 Å². The summed E-state index contributed by atoms with van der Waals surface area (Å²) in [6.07, 6.45) is 3.35. The zero-order valence-electron chi connectivity index (χ0n) is 11.4. The van der Waals surface area contributed by atoms with Gasteiger partial charge in [0.1, 0.15) is 0 Å². The molecule has 0 amide bonds. The van der Waals surface area contributed by atoms with Crippen molar-refractivity contribution in [2.45, 2.75) is 44.6 Å². The lowest BCUT2D eigenvalue weighted by Gasteiger charge is -2.22. The predicted molar refractivity (Wildman–Crippen MR) is 72.7 cm³/mol. The molecule has 1 aliphatic rings. The standard InChI is InChI=1S/C15H19N3O/c1-15(2,16)14-17-13(19-18-14)12-9-5-7-10-6-3-4-8-11(10)12/h3-4,6,8,12H,5,7,9,16H2,1-2H3. The summed E-state index contributed by atoms with van der Waals surface area (Å²) in [6, 6.07) is 8.51. The number of rotatable bonds is 2. The first kappa shape index (κ1) is 12.4. The largest absolute Gasteiger partial charge is 0.339 e. The van der Waals surface area contributed by atoms with Crippen molar-refractivity contribution < 1.29 is 4.52 Å². The molecule has 2 aromatic rings. The summed E-state index contributed by atoms with van der Waals surface area (Å²) >= 11 is 0. The zero-order chi connectivity index (χ0) is 13.5. The fourth-order valence-electron chi connectivity index (χ4n) is 2.65. The van der Waals surface area contributed by atoms with Crippen LogP contribution >= 0.6 is 0 Å². The summed E-state index contributed by atoms with van der Waals surface area (Å²) in [4.78, 5) is 4.50. The molecule has 0 spiro atoms. The van der Waals surface area contributed by atoms with Crippen molar-refractivity contribution in [2.75, 3.05) is 0 Å². The highest BCUT2D eigenvalue weighted by Gasteiger charge is 2.29. The van der Waals surface area contributed by atoms with Gasteiger partial charge in [-0.15, -0.1) is 0 Å². The number of fused-ring (bicyclic) bond motifs is 1. The second kappa shape index (κ2) is 4.46. The van der Waals surface area contributed by atoms with Crippen LogP contribution in [0.25, 0.3) is 0 Å². The van der Waals surface area contributed by atoms with Crippen molar-refractivity contribution in [3.8, 4) is 0 Å². The Morgan fingerprint density at radius 3 is 2.84 bits per heavy atom. The lowest BCUT2D eigenvalue weighted by atomic mass is 9.83. The summed E-state index contributed by atoms with van der Waals surface area (Å²) in [5.74, 6) is 1.49. The molecule has 4 heteroatoms. The van der Waals surface area contributed by atoms with Gasteiger partial charge in [-0.25, -0.2) is 0 Å². The fourth-order valence-corrected chi connectivity index (χ4v) is 2.65. The molecule has 0 bridgehead atoms. The molecule has 1 aromatic carbocycles. The van der Waals surface area contributed by atoms with Crippen LogP contribution in [0.4, 0.5) is 0 Å². The molecular formula is C15H19N3O. The zero-order valence-corrected chi connectivity index (χ0v) is 11.4. The maximum Gasteiger partial charge on any atom is 0.234 e. The normalized spacial score (nSPS) is 19.2. The summed E-state index contributed by atoms with van der Waals surface area (Å²) < 4.78 is 5.45. The highest BCUT2D eigenvalue weighted by atomic mass is 16.5. The smallest absolute Gasteiger partial charge is 0.234 e. The van der Waals surface area contributed by atoms with Crippen LogP contribution in [-0.4, -0.2) is 10.1 Å². The molecule has 1 aromatic heterocycles. The fraction of sp³-hybridized carbons (Fsp3) is 0.467. The average Bonchev–Trinajstić information content (AvgIpc) is 2.87. The Labute approximate surface area is 113 Å². The molecule has 3 rings (SSSR count). The van der Waals surface area contributed by atoms with Crippen molar-refractivity contribution >= 4 is 0 Å². The second-order valence-electron chi connectivity index (χ2n) is 5.82. The van der Waals surface area contributed by atoms with E-state index in [9.17, 15) is 0 Å². The first-order chi connectivity index (χ1) is 9.05. The molecule has 4 nitrogen and oxygen atoms in total. The second-order valence-corrected chi connectivity index (χ2v) is 5.82. The van der Waals surface area contributed by atoms with Gasteiger partial charge in [-0.05, 0) is 44.2 Å². The molecule has 0 aliphatic heterocycles. The molecule has 100 valence electrons. The van der Waals surface area contributed by atoms with Crippen molar-refractivity contribution in [1.29, 1.82) is 0 Å². The topological polar surface area (TPSA) is 64.9 Å². The van der Waals surface area contributed by atoms with E-state index in [1.807, 2.05) is 13.8 Å². The van der Waals surface area contributed by atoms with E-state index in [-0.39, 0.29) is 5.92 Å². The maximum atomic E-state index is 6.01. The third kappa shape index (κ3) is 2.28. The number of aromatic nitrogens is 2. The number of benzene rings is 1. The first-order valence-electron chi connectivity index (χ1n) is 6.76. The summed E-state index contributed by atoms with van der Waals surface area (Å²) in [7, 11) is 0. The Morgan fingerprint density at radius 2 is 2.11 bits per heavy atom. The summed E-state index contributed by atoms with van der Waals surface area (Å²) in [5, 5.41) is 4.02. The molecule has 1 aliphatic carbocycles. The first-order valence-corrected chi connectivity index (χ1v) is 6.76. The lowest BCUT2D eigenvalue weighted by molar-refractivity contribution is 0.342. The van der Waals surface area contributed by atoms with Crippen LogP contribution in [-0.2, 0) is 12.0 Å².